The number of hydrogen-bond acceptors (Lipinski definition) is 11. The van der Waals surface area contributed by atoms with Gasteiger partial charge in [0.1, 0.15) is 5.41 Å². The molecule has 0 aliphatic carbocycles. The molecule has 6 rings (SSSR count). The first kappa shape index (κ1) is 41.6. The minimum Gasteiger partial charge on any atom is -0.395 e. The predicted octanol–water partition coefficient (Wildman–Crippen LogP) is 5.55. The van der Waals surface area contributed by atoms with Crippen molar-refractivity contribution >= 4 is 95.8 Å². The second kappa shape index (κ2) is 16.4. The Kier molecular flexibility index (Phi) is 12.2. The highest BCUT2D eigenvalue weighted by Gasteiger charge is 2.54. The van der Waals surface area contributed by atoms with Crippen molar-refractivity contribution in [1.82, 2.24) is 14.5 Å². The Morgan fingerprint density at radius 1 is 0.821 bits per heavy atom. The van der Waals surface area contributed by atoms with E-state index in [9.17, 15) is 21.9 Å². The predicted molar refractivity (Wildman–Crippen MR) is 218 cm³/mol. The summed E-state index contributed by atoms with van der Waals surface area (Å²) in [6, 6.07) is 21.7. The van der Waals surface area contributed by atoms with Crippen LogP contribution in [0.3, 0.4) is 0 Å². The molecule has 1 unspecified atom stereocenters. The zero-order valence-corrected chi connectivity index (χ0v) is 34.1. The van der Waals surface area contributed by atoms with E-state index in [1.54, 1.807) is 72.8 Å². The highest BCUT2D eigenvalue weighted by molar-refractivity contribution is 7.89. The number of nitrogens with zero attached hydrogens (tertiary/aromatic N) is 3. The molecule has 0 saturated heterocycles. The molecule has 4 aromatic carbocycles. The summed E-state index contributed by atoms with van der Waals surface area (Å²) in [5.74, 6) is -2.95. The molecule has 2 heterocycles. The molecule has 14 nitrogen and oxygen atoms in total. The Morgan fingerprint density at radius 2 is 1.39 bits per heavy atom. The molecule has 0 fully saturated rings. The molecule has 56 heavy (non-hydrogen) atoms. The number of sulfonamides is 2. The maximum Gasteiger partial charge on any atom is 0.310 e. The first-order valence-electron chi connectivity index (χ1n) is 16.5. The summed E-state index contributed by atoms with van der Waals surface area (Å²) in [5.41, 5.74) is -0.151. The number of aliphatic imine (C=N–C) groups is 2. The van der Waals surface area contributed by atoms with E-state index in [1.807, 2.05) is 0 Å². The zero-order valence-electron chi connectivity index (χ0n) is 29.4. The largest absolute Gasteiger partial charge is 0.395 e. The fourth-order valence-corrected chi connectivity index (χ4v) is 9.45. The van der Waals surface area contributed by atoms with Crippen molar-refractivity contribution in [2.24, 2.45) is 9.98 Å². The molecule has 0 aromatic heterocycles. The van der Waals surface area contributed by atoms with E-state index in [0.29, 0.717) is 11.3 Å². The molecule has 0 saturated carbocycles. The van der Waals surface area contributed by atoms with Gasteiger partial charge in [0.2, 0.25) is 20.0 Å². The van der Waals surface area contributed by atoms with Gasteiger partial charge in [-0.1, -0.05) is 76.7 Å². The molecule has 1 atom stereocenters. The van der Waals surface area contributed by atoms with Crippen LogP contribution in [-0.2, 0) is 40.8 Å². The monoisotopic (exact) mass is 879 g/mol. The maximum absolute atomic E-state index is 15.1. The lowest BCUT2D eigenvalue weighted by Crippen LogP contribution is -2.56. The summed E-state index contributed by atoms with van der Waals surface area (Å²) in [4.78, 5) is 30.4. The van der Waals surface area contributed by atoms with Crippen molar-refractivity contribution in [3.05, 3.63) is 133 Å². The lowest BCUT2D eigenvalue weighted by Gasteiger charge is -2.43. The van der Waals surface area contributed by atoms with Gasteiger partial charge in [-0.25, -0.2) is 31.3 Å². The van der Waals surface area contributed by atoms with E-state index in [-0.39, 0.29) is 65.5 Å². The molecule has 294 valence electrons. The quantitative estimate of drug-likeness (QED) is 0.101. The van der Waals surface area contributed by atoms with Crippen LogP contribution in [-0.4, -0.2) is 78.2 Å². The molecular formula is C36H33Cl4N7O7S2. The molecule has 5 N–H and O–H groups in total. The van der Waals surface area contributed by atoms with Crippen LogP contribution in [0.2, 0.25) is 20.1 Å². The topological polar surface area (TPSA) is 191 Å². The molecule has 0 bridgehead atoms. The molecular weight excluding hydrogens is 848 g/mol. The van der Waals surface area contributed by atoms with Crippen molar-refractivity contribution in [3.8, 4) is 0 Å². The van der Waals surface area contributed by atoms with Gasteiger partial charge in [-0.3, -0.25) is 9.63 Å². The summed E-state index contributed by atoms with van der Waals surface area (Å²) >= 11 is 27.2. The molecule has 2 aliphatic rings. The minimum absolute atomic E-state index is 0.0420. The Bertz CT molecular complexity index is 2410. The van der Waals surface area contributed by atoms with Crippen LogP contribution in [0.5, 0.6) is 0 Å². The number of anilines is 2. The number of aliphatic hydroxyl groups excluding tert-OH is 1. The second-order valence-electron chi connectivity index (χ2n) is 12.3. The third kappa shape index (κ3) is 8.17. The number of carbonyl (C=O) groups excluding carboxylic acids is 1. The van der Waals surface area contributed by atoms with Gasteiger partial charge in [0.05, 0.1) is 24.4 Å². The van der Waals surface area contributed by atoms with E-state index in [1.165, 1.54) is 38.6 Å². The fraction of sp³-hybridized carbons (Fsp3) is 0.194. The summed E-state index contributed by atoms with van der Waals surface area (Å²) in [7, 11) is -5.01. The lowest BCUT2D eigenvalue weighted by molar-refractivity contribution is -0.160. The van der Waals surface area contributed by atoms with Gasteiger partial charge in [0.15, 0.2) is 5.84 Å². The van der Waals surface area contributed by atoms with Crippen LogP contribution in [0.1, 0.15) is 16.7 Å². The summed E-state index contributed by atoms with van der Waals surface area (Å²) in [6.45, 7) is -0.612. The van der Waals surface area contributed by atoms with Crippen LogP contribution in [0, 0.1) is 0 Å². The number of nitrogens with one attached hydrogen (secondary N) is 4. The first-order valence-corrected chi connectivity index (χ1v) is 21.2. The number of carbonyl (C=O) groups is 1. The first-order chi connectivity index (χ1) is 26.6. The van der Waals surface area contributed by atoms with Crippen LogP contribution in [0.4, 0.5) is 11.4 Å². The fourth-order valence-electron chi connectivity index (χ4n) is 6.22. The van der Waals surface area contributed by atoms with Crippen LogP contribution in [0.15, 0.2) is 111 Å². The Labute approximate surface area is 343 Å². The lowest BCUT2D eigenvalue weighted by atomic mass is 9.70. The number of aliphatic hydroxyl groups is 1. The van der Waals surface area contributed by atoms with Gasteiger partial charge in [-0.2, -0.15) is 10.1 Å². The van der Waals surface area contributed by atoms with E-state index in [4.69, 9.17) is 61.2 Å². The Hall–Kier alpha value is -4.07. The van der Waals surface area contributed by atoms with Crippen molar-refractivity contribution in [2.75, 3.05) is 37.9 Å². The third-order valence-corrected chi connectivity index (χ3v) is 12.8. The number of amidine groups is 1. The van der Waals surface area contributed by atoms with E-state index in [2.05, 4.69) is 20.1 Å². The van der Waals surface area contributed by atoms with Crippen molar-refractivity contribution < 1.29 is 31.6 Å². The van der Waals surface area contributed by atoms with Crippen molar-refractivity contribution in [1.29, 1.82) is 0 Å². The molecule has 1 amide bonds. The Morgan fingerprint density at radius 3 is 1.95 bits per heavy atom. The van der Waals surface area contributed by atoms with Gasteiger partial charge < -0.3 is 15.7 Å². The second-order valence-corrected chi connectivity index (χ2v) is 17.6. The number of amides is 1. The normalized spacial score (nSPS) is 17.9. The number of hydroxylamine groups is 2. The summed E-state index contributed by atoms with van der Waals surface area (Å²) in [5, 5.41) is 17.0. The molecule has 4 aromatic rings. The van der Waals surface area contributed by atoms with E-state index < -0.39 is 43.9 Å². The third-order valence-electron chi connectivity index (χ3n) is 8.71. The average molecular weight is 882 g/mol. The van der Waals surface area contributed by atoms with Crippen LogP contribution in [0.25, 0.3) is 0 Å². The van der Waals surface area contributed by atoms with E-state index in [0.717, 1.165) is 5.06 Å². The van der Waals surface area contributed by atoms with Gasteiger partial charge in [-0.05, 0) is 73.3 Å². The maximum atomic E-state index is 15.1. The number of rotatable bonds is 14. The number of benzene rings is 4. The van der Waals surface area contributed by atoms with Crippen molar-refractivity contribution in [2.45, 2.75) is 22.0 Å². The summed E-state index contributed by atoms with van der Waals surface area (Å²) in [6.07, 6.45) is 2.97. The number of fused-ring (bicyclic) bond motifs is 1. The van der Waals surface area contributed by atoms with Crippen molar-refractivity contribution in [3.63, 3.8) is 0 Å². The van der Waals surface area contributed by atoms with Gasteiger partial charge in [0, 0.05) is 60.9 Å². The Balaban J connectivity index is 1.54. The van der Waals surface area contributed by atoms with Crippen LogP contribution >= 0.6 is 46.4 Å². The molecule has 0 spiro atoms. The smallest absolute Gasteiger partial charge is 0.310 e. The van der Waals surface area contributed by atoms with Gasteiger partial charge in [-0.15, -0.1) is 0 Å². The molecule has 0 radical (unpaired) electrons. The minimum atomic E-state index is -4.03. The van der Waals surface area contributed by atoms with Gasteiger partial charge in [0.25, 0.3) is 5.91 Å². The highest BCUT2D eigenvalue weighted by atomic mass is 35.5. The molecule has 20 heteroatoms. The zero-order chi connectivity index (χ0) is 40.5. The van der Waals surface area contributed by atoms with E-state index >= 15 is 4.79 Å². The van der Waals surface area contributed by atoms with Gasteiger partial charge >= 0.3 is 5.91 Å². The number of hydrogen-bond donors (Lipinski definition) is 5. The van der Waals surface area contributed by atoms with Crippen LogP contribution < -0.4 is 20.1 Å². The molecule has 2 aliphatic heterocycles. The highest BCUT2D eigenvalue weighted by Crippen LogP contribution is 2.50. The average Bonchev–Trinajstić information content (AvgIpc) is 3.15. The standard InChI is InChI=1S/C36H33Cl4N7O7S2/c1-41-55(50,51)21-22-12-14-24(15-13-22)44-36(45-25-6-3-7-26(18-25)56(52,53)43-16-17-48)42-20-23-19-35(31-27(37)8-4-9-28(31)38,32-29(39)10-5-11-30(32)40)34(49)47(54-2)33(23)46-36/h3-15,18-20,41,43-45,48H,16-17,21H2,1-2H3. The SMILES string of the molecule is CNS(=O)(=O)Cc1ccc(NC2(Nc3cccc(S(=O)(=O)NCCO)c3)N=CC3=CC(c4c(Cl)cccc4Cl)(c4c(Cl)cccc4Cl)C(=O)N(OC)C3=N2)cc1. The number of halogens is 4. The summed E-state index contributed by atoms with van der Waals surface area (Å²) < 4.78 is 54.9.